The van der Waals surface area contributed by atoms with Gasteiger partial charge >= 0.3 is 0 Å². The number of nitrogens with zero attached hydrogens (tertiary/aromatic N) is 4. The highest BCUT2D eigenvalue weighted by atomic mass is 35.5. The number of nitrogens with one attached hydrogen (secondary N) is 1. The largest absolute Gasteiger partial charge is 0.482 e. The Morgan fingerprint density at radius 2 is 1.76 bits per heavy atom. The van der Waals surface area contributed by atoms with Gasteiger partial charge in [0, 0.05) is 54.1 Å². The van der Waals surface area contributed by atoms with E-state index in [0.29, 0.717) is 24.3 Å². The Labute approximate surface area is 223 Å². The van der Waals surface area contributed by atoms with Crippen molar-refractivity contribution in [1.29, 1.82) is 0 Å². The van der Waals surface area contributed by atoms with Crippen molar-refractivity contribution in [3.05, 3.63) is 75.1 Å². The lowest BCUT2D eigenvalue weighted by Crippen LogP contribution is -2.47. The summed E-state index contributed by atoms with van der Waals surface area (Å²) < 4.78 is 19.7. The first-order chi connectivity index (χ1) is 17.6. The summed E-state index contributed by atoms with van der Waals surface area (Å²) in [5.41, 5.74) is 7.05. The van der Waals surface area contributed by atoms with Crippen molar-refractivity contribution in [2.75, 3.05) is 44.3 Å². The second kappa shape index (κ2) is 11.3. The van der Waals surface area contributed by atoms with Crippen molar-refractivity contribution in [2.45, 2.75) is 13.0 Å². The van der Waals surface area contributed by atoms with Gasteiger partial charge in [0.05, 0.1) is 5.02 Å². The minimum atomic E-state index is -0.802. The van der Waals surface area contributed by atoms with E-state index in [0.717, 1.165) is 19.2 Å². The van der Waals surface area contributed by atoms with E-state index < -0.39 is 17.8 Å². The van der Waals surface area contributed by atoms with Crippen molar-refractivity contribution in [1.82, 2.24) is 20.0 Å². The number of nitrogen functional groups attached to an aromatic ring is 1. The number of halogens is 3. The second-order valence-corrected chi connectivity index (χ2v) is 9.41. The number of hydrogen-bond donors (Lipinski definition) is 2. The van der Waals surface area contributed by atoms with Crippen molar-refractivity contribution in [3.8, 4) is 5.75 Å². The smallest absolute Gasteiger partial charge is 0.276 e. The summed E-state index contributed by atoms with van der Waals surface area (Å²) in [4.78, 5) is 29.5. The third-order valence-electron chi connectivity index (χ3n) is 5.99. The van der Waals surface area contributed by atoms with Gasteiger partial charge in [-0.3, -0.25) is 9.59 Å². The minimum Gasteiger partial charge on any atom is -0.482 e. The van der Waals surface area contributed by atoms with Gasteiger partial charge < -0.3 is 25.6 Å². The average Bonchev–Trinajstić information content (AvgIpc) is 2.88. The number of benzene rings is 2. The molecule has 9 nitrogen and oxygen atoms in total. The fourth-order valence-electron chi connectivity index (χ4n) is 3.84. The number of ether oxygens (including phenoxy) is 1. The van der Waals surface area contributed by atoms with Crippen LogP contribution >= 0.6 is 23.2 Å². The number of hydrogen-bond acceptors (Lipinski definition) is 7. The molecule has 0 bridgehead atoms. The fraction of sp³-hybridized carbons (Fsp3) is 0.280. The van der Waals surface area contributed by atoms with Gasteiger partial charge in [0.15, 0.2) is 17.3 Å². The van der Waals surface area contributed by atoms with Crippen LogP contribution in [0.25, 0.3) is 0 Å². The van der Waals surface area contributed by atoms with Crippen LogP contribution in [0.3, 0.4) is 0 Å². The predicted octanol–water partition coefficient (Wildman–Crippen LogP) is 4.28. The summed E-state index contributed by atoms with van der Waals surface area (Å²) in [6.45, 7) is 4.61. The SMILES string of the molecule is C[C@H](Oc1cc(C(=O)Nc2ccc(C(=O)N3CCN(C)CC3)cc2)nnc1N)c1c(Cl)ccc(F)c1Cl. The molecule has 3 aromatic rings. The molecule has 3 N–H and O–H groups in total. The molecule has 12 heteroatoms. The first kappa shape index (κ1) is 26.6. The van der Waals surface area contributed by atoms with E-state index in [4.69, 9.17) is 33.7 Å². The Morgan fingerprint density at radius 3 is 2.43 bits per heavy atom. The van der Waals surface area contributed by atoms with Crippen LogP contribution in [0.4, 0.5) is 15.9 Å². The highest BCUT2D eigenvalue weighted by Crippen LogP contribution is 2.35. The van der Waals surface area contributed by atoms with Gasteiger partial charge in [-0.2, -0.15) is 0 Å². The topological polar surface area (TPSA) is 114 Å². The summed E-state index contributed by atoms with van der Waals surface area (Å²) in [6.07, 6.45) is -0.802. The maximum atomic E-state index is 13.9. The summed E-state index contributed by atoms with van der Waals surface area (Å²) >= 11 is 12.2. The maximum Gasteiger partial charge on any atom is 0.276 e. The molecule has 1 saturated heterocycles. The predicted molar refractivity (Wildman–Crippen MR) is 140 cm³/mol. The van der Waals surface area contributed by atoms with Crippen molar-refractivity contribution >= 4 is 46.5 Å². The third-order valence-corrected chi connectivity index (χ3v) is 6.70. The summed E-state index contributed by atoms with van der Waals surface area (Å²) in [6, 6.07) is 10.4. The lowest BCUT2D eigenvalue weighted by Gasteiger charge is -2.32. The molecule has 2 aromatic carbocycles. The Bertz CT molecular complexity index is 1320. The molecule has 2 heterocycles. The number of likely N-dealkylation sites (N-methyl/N-ethyl adjacent to an activating group) is 1. The molecule has 194 valence electrons. The number of carbonyl (C=O) groups is 2. The first-order valence-electron chi connectivity index (χ1n) is 11.5. The van der Waals surface area contributed by atoms with Gasteiger partial charge in [-0.25, -0.2) is 4.39 Å². The molecule has 1 aliphatic rings. The zero-order valence-electron chi connectivity index (χ0n) is 20.2. The fourth-order valence-corrected chi connectivity index (χ4v) is 4.52. The minimum absolute atomic E-state index is 0.0511. The molecule has 1 aromatic heterocycles. The zero-order valence-corrected chi connectivity index (χ0v) is 21.7. The highest BCUT2D eigenvalue weighted by Gasteiger charge is 2.22. The van der Waals surface area contributed by atoms with Crippen LogP contribution in [-0.2, 0) is 0 Å². The van der Waals surface area contributed by atoms with Crippen LogP contribution in [0.5, 0.6) is 5.75 Å². The summed E-state index contributed by atoms with van der Waals surface area (Å²) in [5.74, 6) is -1.28. The van der Waals surface area contributed by atoms with Gasteiger partial charge in [0.25, 0.3) is 11.8 Å². The second-order valence-electron chi connectivity index (χ2n) is 8.62. The number of nitrogens with two attached hydrogens (primary N) is 1. The lowest BCUT2D eigenvalue weighted by molar-refractivity contribution is 0.0664. The Hall–Kier alpha value is -3.47. The zero-order chi connectivity index (χ0) is 26.7. The van der Waals surface area contributed by atoms with Crippen molar-refractivity contribution in [2.24, 2.45) is 0 Å². The molecule has 1 fully saturated rings. The van der Waals surface area contributed by atoms with Gasteiger partial charge in [-0.15, -0.1) is 10.2 Å². The molecule has 0 saturated carbocycles. The van der Waals surface area contributed by atoms with Crippen LogP contribution in [0.1, 0.15) is 39.4 Å². The lowest BCUT2D eigenvalue weighted by atomic mass is 10.1. The Balaban J connectivity index is 1.44. The van der Waals surface area contributed by atoms with Crippen molar-refractivity contribution in [3.63, 3.8) is 0 Å². The van der Waals surface area contributed by atoms with E-state index in [2.05, 4.69) is 20.4 Å². The van der Waals surface area contributed by atoms with Gasteiger partial charge in [0.2, 0.25) is 0 Å². The average molecular weight is 547 g/mol. The third kappa shape index (κ3) is 6.10. The number of rotatable bonds is 6. The van der Waals surface area contributed by atoms with E-state index in [9.17, 15) is 14.0 Å². The van der Waals surface area contributed by atoms with Crippen LogP contribution in [0.15, 0.2) is 42.5 Å². The number of amides is 2. The molecule has 0 aliphatic carbocycles. The monoisotopic (exact) mass is 546 g/mol. The number of anilines is 2. The molecule has 0 radical (unpaired) electrons. The molecule has 1 atom stereocenters. The molecule has 0 spiro atoms. The number of aromatic nitrogens is 2. The maximum absolute atomic E-state index is 13.9. The molecule has 0 unspecified atom stereocenters. The van der Waals surface area contributed by atoms with Crippen LogP contribution in [0, 0.1) is 5.82 Å². The molecule has 37 heavy (non-hydrogen) atoms. The standard InChI is InChI=1S/C25H25Cl2FN6O3/c1-14(21-17(26)7-8-18(28)22(21)27)37-20-13-19(31-32-23(20)29)24(35)30-16-5-3-15(4-6-16)25(36)34-11-9-33(2)10-12-34/h3-8,13-14H,9-12H2,1-2H3,(H2,29,32)(H,30,35)/t14-/m0/s1. The molecule has 1 aliphatic heterocycles. The number of piperazine rings is 1. The summed E-state index contributed by atoms with van der Waals surface area (Å²) in [7, 11) is 2.02. The summed E-state index contributed by atoms with van der Waals surface area (Å²) in [5, 5.41) is 10.4. The van der Waals surface area contributed by atoms with Crippen LogP contribution in [-0.4, -0.2) is 65.0 Å². The molecular weight excluding hydrogens is 522 g/mol. The first-order valence-corrected chi connectivity index (χ1v) is 12.2. The molecule has 4 rings (SSSR count). The van der Waals surface area contributed by atoms with Crippen LogP contribution in [0.2, 0.25) is 10.0 Å². The molecular formula is C25H25Cl2FN6O3. The Morgan fingerprint density at radius 1 is 1.08 bits per heavy atom. The quantitative estimate of drug-likeness (QED) is 0.443. The van der Waals surface area contributed by atoms with E-state index in [1.54, 1.807) is 31.2 Å². The van der Waals surface area contributed by atoms with E-state index >= 15 is 0 Å². The number of carbonyl (C=O) groups excluding carboxylic acids is 2. The van der Waals surface area contributed by atoms with E-state index in [1.807, 2.05) is 11.9 Å². The Kier molecular flexibility index (Phi) is 8.11. The normalized spacial score (nSPS) is 14.8. The van der Waals surface area contributed by atoms with Gasteiger partial charge in [-0.1, -0.05) is 23.2 Å². The van der Waals surface area contributed by atoms with E-state index in [-0.39, 0.29) is 38.8 Å². The highest BCUT2D eigenvalue weighted by molar-refractivity contribution is 6.36. The van der Waals surface area contributed by atoms with E-state index in [1.165, 1.54) is 12.1 Å². The van der Waals surface area contributed by atoms with Gasteiger partial charge in [0.1, 0.15) is 11.9 Å². The van der Waals surface area contributed by atoms with Crippen molar-refractivity contribution < 1.29 is 18.7 Å². The molecule has 2 amide bonds. The van der Waals surface area contributed by atoms with Gasteiger partial charge in [-0.05, 0) is 50.4 Å². The van der Waals surface area contributed by atoms with Crippen LogP contribution < -0.4 is 15.8 Å².